The van der Waals surface area contributed by atoms with Crippen LogP contribution in [0.15, 0.2) is 29.2 Å². The summed E-state index contributed by atoms with van der Waals surface area (Å²) in [6.45, 7) is 2.10. The Morgan fingerprint density at radius 2 is 1.71 bits per heavy atom. The zero-order valence-corrected chi connectivity index (χ0v) is 14.0. The van der Waals surface area contributed by atoms with Gasteiger partial charge in [-0.05, 0) is 12.1 Å². The molecule has 1 aromatic rings. The highest BCUT2D eigenvalue weighted by atomic mass is 32.2. The summed E-state index contributed by atoms with van der Waals surface area (Å²) in [6.07, 6.45) is 0. The number of nitrogens with zero attached hydrogens (tertiary/aromatic N) is 1. The Morgan fingerprint density at radius 3 is 2.29 bits per heavy atom. The summed E-state index contributed by atoms with van der Waals surface area (Å²) >= 11 is 0. The van der Waals surface area contributed by atoms with E-state index in [1.807, 2.05) is 0 Å². The summed E-state index contributed by atoms with van der Waals surface area (Å²) in [5.74, 6) is -0.115. The molecule has 2 N–H and O–H groups in total. The number of hydrogen-bond acceptors (Lipinski definition) is 5. The molecule has 0 aliphatic rings. The van der Waals surface area contributed by atoms with E-state index in [2.05, 4.69) is 10.0 Å². The molecule has 0 heterocycles. The van der Waals surface area contributed by atoms with Crippen molar-refractivity contribution in [2.75, 3.05) is 38.3 Å². The molecule has 0 amide bonds. The lowest BCUT2D eigenvalue weighted by molar-refractivity contribution is 0.521. The van der Waals surface area contributed by atoms with Crippen LogP contribution in [-0.4, -0.2) is 54.1 Å². The molecule has 21 heavy (non-hydrogen) atoms. The van der Waals surface area contributed by atoms with E-state index < -0.39 is 20.0 Å². The predicted octanol–water partition coefficient (Wildman–Crippen LogP) is 0.288. The summed E-state index contributed by atoms with van der Waals surface area (Å²) in [4.78, 5) is 0.106. The second kappa shape index (κ2) is 7.21. The predicted molar refractivity (Wildman–Crippen MR) is 83.3 cm³/mol. The standard InChI is InChI=1S/C12H21N3O4S2/c1-4-14-21(18,19)12-8-6-5-7-11(12)13-9-10-20(16,17)15(2)3/h5-8,13-14H,4,9-10H2,1-3H3. The smallest absolute Gasteiger partial charge is 0.242 e. The Hall–Kier alpha value is -1.16. The van der Waals surface area contributed by atoms with Crippen molar-refractivity contribution in [2.45, 2.75) is 11.8 Å². The van der Waals surface area contributed by atoms with Gasteiger partial charge in [0.15, 0.2) is 0 Å². The summed E-state index contributed by atoms with van der Waals surface area (Å²) in [5, 5.41) is 2.86. The quantitative estimate of drug-likeness (QED) is 0.712. The highest BCUT2D eigenvalue weighted by molar-refractivity contribution is 7.89. The van der Waals surface area contributed by atoms with E-state index in [1.54, 1.807) is 25.1 Å². The van der Waals surface area contributed by atoms with Gasteiger partial charge in [0, 0.05) is 27.2 Å². The van der Waals surface area contributed by atoms with Gasteiger partial charge >= 0.3 is 0 Å². The average molecular weight is 335 g/mol. The van der Waals surface area contributed by atoms with E-state index in [9.17, 15) is 16.8 Å². The van der Waals surface area contributed by atoms with E-state index in [-0.39, 0.29) is 23.7 Å². The summed E-state index contributed by atoms with van der Waals surface area (Å²) < 4.78 is 51.0. The van der Waals surface area contributed by atoms with Crippen LogP contribution in [0.3, 0.4) is 0 Å². The molecular weight excluding hydrogens is 314 g/mol. The van der Waals surface area contributed by atoms with E-state index in [1.165, 1.54) is 20.2 Å². The molecule has 0 saturated carbocycles. The summed E-state index contributed by atoms with van der Waals surface area (Å²) in [7, 11) is -4.00. The van der Waals surface area contributed by atoms with E-state index >= 15 is 0 Å². The highest BCUT2D eigenvalue weighted by Gasteiger charge is 2.18. The zero-order valence-electron chi connectivity index (χ0n) is 12.3. The first-order valence-electron chi connectivity index (χ1n) is 6.43. The van der Waals surface area contributed by atoms with Crippen LogP contribution in [-0.2, 0) is 20.0 Å². The molecule has 0 bridgehead atoms. The maximum absolute atomic E-state index is 12.0. The van der Waals surface area contributed by atoms with Crippen LogP contribution in [0.4, 0.5) is 5.69 Å². The maximum Gasteiger partial charge on any atom is 0.242 e. The lowest BCUT2D eigenvalue weighted by Gasteiger charge is -2.14. The second-order valence-corrected chi connectivity index (χ2v) is 8.56. The Kier molecular flexibility index (Phi) is 6.14. The molecule has 9 heteroatoms. The van der Waals surface area contributed by atoms with Gasteiger partial charge in [0.25, 0.3) is 0 Å². The van der Waals surface area contributed by atoms with Crippen LogP contribution in [0.1, 0.15) is 6.92 Å². The third kappa shape index (κ3) is 4.95. The van der Waals surface area contributed by atoms with Crippen molar-refractivity contribution in [2.24, 2.45) is 0 Å². The van der Waals surface area contributed by atoms with Gasteiger partial charge in [-0.1, -0.05) is 19.1 Å². The van der Waals surface area contributed by atoms with Crippen molar-refractivity contribution in [3.8, 4) is 0 Å². The fourth-order valence-corrected chi connectivity index (χ4v) is 3.56. The summed E-state index contributed by atoms with van der Waals surface area (Å²) in [5.41, 5.74) is 0.382. The van der Waals surface area contributed by atoms with E-state index in [0.29, 0.717) is 5.69 Å². The van der Waals surface area contributed by atoms with Crippen molar-refractivity contribution in [1.29, 1.82) is 0 Å². The van der Waals surface area contributed by atoms with Gasteiger partial charge in [0.1, 0.15) is 4.90 Å². The van der Waals surface area contributed by atoms with Crippen molar-refractivity contribution in [1.82, 2.24) is 9.03 Å². The zero-order chi connectivity index (χ0) is 16.1. The lowest BCUT2D eigenvalue weighted by Crippen LogP contribution is -2.29. The normalized spacial score (nSPS) is 12.6. The first-order valence-corrected chi connectivity index (χ1v) is 9.52. The van der Waals surface area contributed by atoms with Gasteiger partial charge < -0.3 is 5.32 Å². The van der Waals surface area contributed by atoms with Crippen LogP contribution in [0.2, 0.25) is 0 Å². The fraction of sp³-hybridized carbons (Fsp3) is 0.500. The van der Waals surface area contributed by atoms with Gasteiger partial charge in [-0.25, -0.2) is 25.9 Å². The molecule has 0 radical (unpaired) electrons. The molecule has 0 fully saturated rings. The van der Waals surface area contributed by atoms with Crippen molar-refractivity contribution >= 4 is 25.7 Å². The molecule has 0 atom stereocenters. The number of anilines is 1. The summed E-state index contributed by atoms with van der Waals surface area (Å²) in [6, 6.07) is 6.38. The molecule has 0 aromatic heterocycles. The highest BCUT2D eigenvalue weighted by Crippen LogP contribution is 2.20. The number of hydrogen-bond donors (Lipinski definition) is 2. The molecule has 1 aromatic carbocycles. The van der Waals surface area contributed by atoms with E-state index in [4.69, 9.17) is 0 Å². The molecule has 0 spiro atoms. The second-order valence-electron chi connectivity index (χ2n) is 4.52. The number of sulfonamides is 2. The molecular formula is C12H21N3O4S2. The minimum absolute atomic E-state index is 0.106. The van der Waals surface area contributed by atoms with Crippen LogP contribution < -0.4 is 10.0 Å². The van der Waals surface area contributed by atoms with E-state index in [0.717, 1.165) is 4.31 Å². The molecule has 0 aliphatic heterocycles. The van der Waals surface area contributed by atoms with Gasteiger partial charge in [-0.3, -0.25) is 0 Å². The van der Waals surface area contributed by atoms with Crippen LogP contribution in [0.5, 0.6) is 0 Å². The SMILES string of the molecule is CCNS(=O)(=O)c1ccccc1NCCS(=O)(=O)N(C)C. The Bertz CT molecular complexity index is 669. The van der Waals surface area contributed by atoms with Crippen LogP contribution >= 0.6 is 0 Å². The van der Waals surface area contributed by atoms with Crippen molar-refractivity contribution in [3.05, 3.63) is 24.3 Å². The largest absolute Gasteiger partial charge is 0.383 e. The average Bonchev–Trinajstić information content (AvgIpc) is 2.38. The Morgan fingerprint density at radius 1 is 1.10 bits per heavy atom. The number of nitrogens with one attached hydrogen (secondary N) is 2. The minimum Gasteiger partial charge on any atom is -0.383 e. The van der Waals surface area contributed by atoms with Crippen molar-refractivity contribution < 1.29 is 16.8 Å². The minimum atomic E-state index is -3.60. The number of rotatable bonds is 8. The first kappa shape index (κ1) is 17.9. The molecule has 0 aliphatic carbocycles. The molecule has 0 unspecified atom stereocenters. The number of para-hydroxylation sites is 1. The monoisotopic (exact) mass is 335 g/mol. The lowest BCUT2D eigenvalue weighted by atomic mass is 10.3. The third-order valence-electron chi connectivity index (χ3n) is 2.74. The molecule has 120 valence electrons. The third-order valence-corrected chi connectivity index (χ3v) is 6.18. The van der Waals surface area contributed by atoms with Crippen molar-refractivity contribution in [3.63, 3.8) is 0 Å². The van der Waals surface area contributed by atoms with Gasteiger partial charge in [-0.2, -0.15) is 0 Å². The topological polar surface area (TPSA) is 95.6 Å². The van der Waals surface area contributed by atoms with Crippen LogP contribution in [0, 0.1) is 0 Å². The van der Waals surface area contributed by atoms with Gasteiger partial charge in [0.05, 0.1) is 11.4 Å². The number of benzene rings is 1. The molecule has 0 saturated heterocycles. The fourth-order valence-electron chi connectivity index (χ4n) is 1.61. The Balaban J connectivity index is 2.87. The van der Waals surface area contributed by atoms with Gasteiger partial charge in [-0.15, -0.1) is 0 Å². The maximum atomic E-state index is 12.0. The first-order chi connectivity index (χ1) is 9.70. The van der Waals surface area contributed by atoms with Gasteiger partial charge in [0.2, 0.25) is 20.0 Å². The van der Waals surface area contributed by atoms with Crippen LogP contribution in [0.25, 0.3) is 0 Å². The molecule has 7 nitrogen and oxygen atoms in total. The Labute approximate surface area is 126 Å². The molecule has 1 rings (SSSR count).